The molecule has 0 fully saturated rings. The van der Waals surface area contributed by atoms with E-state index in [0.29, 0.717) is 0 Å². The van der Waals surface area contributed by atoms with Gasteiger partial charge in [0.1, 0.15) is 0 Å². The van der Waals surface area contributed by atoms with Gasteiger partial charge in [-0.3, -0.25) is 0 Å². The van der Waals surface area contributed by atoms with Crippen molar-refractivity contribution in [1.82, 2.24) is 9.88 Å². The van der Waals surface area contributed by atoms with Crippen molar-refractivity contribution in [2.75, 3.05) is 18.6 Å². The van der Waals surface area contributed by atoms with Crippen LogP contribution in [-0.2, 0) is 13.1 Å². The third kappa shape index (κ3) is 5.62. The standard InChI is InChI=1S/C16H30N2S/c1-5-18-14(2)12-16(15(18)3)13-17-10-8-6-7-9-11-19-4/h12,17H,5-11,13H2,1-4H3. The molecule has 0 atom stereocenters. The molecule has 3 heteroatoms. The Bertz CT molecular complexity index is 358. The van der Waals surface area contributed by atoms with Crippen LogP contribution >= 0.6 is 11.8 Å². The molecule has 19 heavy (non-hydrogen) atoms. The van der Waals surface area contributed by atoms with E-state index in [1.54, 1.807) is 0 Å². The molecule has 0 unspecified atom stereocenters. The van der Waals surface area contributed by atoms with Gasteiger partial charge in [-0.2, -0.15) is 11.8 Å². The van der Waals surface area contributed by atoms with Crippen molar-refractivity contribution in [3.8, 4) is 0 Å². The maximum Gasteiger partial charge on any atom is 0.0223 e. The monoisotopic (exact) mass is 282 g/mol. The number of nitrogens with one attached hydrogen (secondary N) is 1. The minimum Gasteiger partial charge on any atom is -0.349 e. The molecule has 0 aliphatic rings. The van der Waals surface area contributed by atoms with E-state index < -0.39 is 0 Å². The number of unbranched alkanes of at least 4 members (excludes halogenated alkanes) is 3. The Morgan fingerprint density at radius 2 is 1.89 bits per heavy atom. The predicted molar refractivity (Wildman–Crippen MR) is 88.1 cm³/mol. The highest BCUT2D eigenvalue weighted by Gasteiger charge is 2.06. The molecule has 1 N–H and O–H groups in total. The van der Waals surface area contributed by atoms with Crippen LogP contribution < -0.4 is 5.32 Å². The lowest BCUT2D eigenvalue weighted by Crippen LogP contribution is -2.15. The average molecular weight is 282 g/mol. The van der Waals surface area contributed by atoms with Gasteiger partial charge in [-0.05, 0) is 63.8 Å². The van der Waals surface area contributed by atoms with Gasteiger partial charge in [0.2, 0.25) is 0 Å². The largest absolute Gasteiger partial charge is 0.349 e. The zero-order valence-electron chi connectivity index (χ0n) is 13.1. The third-order valence-electron chi connectivity index (χ3n) is 3.76. The molecule has 2 nitrogen and oxygen atoms in total. The fourth-order valence-electron chi connectivity index (χ4n) is 2.61. The van der Waals surface area contributed by atoms with Crippen LogP contribution in [-0.4, -0.2) is 23.1 Å². The van der Waals surface area contributed by atoms with E-state index >= 15 is 0 Å². The summed E-state index contributed by atoms with van der Waals surface area (Å²) in [6.07, 6.45) is 7.61. The van der Waals surface area contributed by atoms with Crippen molar-refractivity contribution >= 4 is 11.8 Å². The highest BCUT2D eigenvalue weighted by atomic mass is 32.2. The van der Waals surface area contributed by atoms with Crippen molar-refractivity contribution in [2.24, 2.45) is 0 Å². The van der Waals surface area contributed by atoms with Crippen molar-refractivity contribution in [1.29, 1.82) is 0 Å². The fourth-order valence-corrected chi connectivity index (χ4v) is 3.10. The molecule has 0 radical (unpaired) electrons. The first-order chi connectivity index (χ1) is 9.20. The molecule has 1 rings (SSSR count). The van der Waals surface area contributed by atoms with E-state index in [2.05, 4.69) is 43.0 Å². The van der Waals surface area contributed by atoms with Crippen LogP contribution in [0.5, 0.6) is 0 Å². The number of aromatic nitrogens is 1. The summed E-state index contributed by atoms with van der Waals surface area (Å²) in [4.78, 5) is 0. The maximum atomic E-state index is 3.58. The highest BCUT2D eigenvalue weighted by molar-refractivity contribution is 7.98. The van der Waals surface area contributed by atoms with Crippen LogP contribution in [0.4, 0.5) is 0 Å². The normalized spacial score (nSPS) is 11.2. The number of aryl methyl sites for hydroxylation is 1. The van der Waals surface area contributed by atoms with Crippen LogP contribution in [0.1, 0.15) is 49.6 Å². The maximum absolute atomic E-state index is 3.58. The molecule has 0 saturated carbocycles. The van der Waals surface area contributed by atoms with Crippen molar-refractivity contribution in [2.45, 2.75) is 59.5 Å². The van der Waals surface area contributed by atoms with Gasteiger partial charge in [-0.15, -0.1) is 0 Å². The van der Waals surface area contributed by atoms with E-state index in [1.807, 2.05) is 11.8 Å². The molecular formula is C16H30N2S. The quantitative estimate of drug-likeness (QED) is 0.650. The first-order valence-electron chi connectivity index (χ1n) is 7.56. The summed E-state index contributed by atoms with van der Waals surface area (Å²) < 4.78 is 2.39. The van der Waals surface area contributed by atoms with Crippen LogP contribution in [0.15, 0.2) is 6.07 Å². The van der Waals surface area contributed by atoms with Crippen LogP contribution in [0, 0.1) is 13.8 Å². The zero-order chi connectivity index (χ0) is 14.1. The highest BCUT2D eigenvalue weighted by Crippen LogP contribution is 2.14. The second kappa shape index (κ2) is 9.49. The summed E-state index contributed by atoms with van der Waals surface area (Å²) in [7, 11) is 0. The van der Waals surface area contributed by atoms with Crippen molar-refractivity contribution in [3.05, 3.63) is 23.0 Å². The Kier molecular flexibility index (Phi) is 8.31. The molecule has 0 amide bonds. The summed E-state index contributed by atoms with van der Waals surface area (Å²) in [5, 5.41) is 3.58. The summed E-state index contributed by atoms with van der Waals surface area (Å²) in [6.45, 7) is 9.89. The van der Waals surface area contributed by atoms with Gasteiger partial charge in [0.05, 0.1) is 0 Å². The Labute approximate surface area is 123 Å². The first-order valence-corrected chi connectivity index (χ1v) is 8.95. The molecule has 0 aliphatic heterocycles. The first kappa shape index (κ1) is 16.6. The second-order valence-corrected chi connectivity index (χ2v) is 6.21. The topological polar surface area (TPSA) is 17.0 Å². The van der Waals surface area contributed by atoms with Crippen LogP contribution in [0.3, 0.4) is 0 Å². The Morgan fingerprint density at radius 3 is 2.53 bits per heavy atom. The van der Waals surface area contributed by atoms with Gasteiger partial charge < -0.3 is 9.88 Å². The number of rotatable bonds is 10. The van der Waals surface area contributed by atoms with Crippen LogP contribution in [0.2, 0.25) is 0 Å². The number of thioether (sulfide) groups is 1. The Morgan fingerprint density at radius 1 is 1.16 bits per heavy atom. The van der Waals surface area contributed by atoms with E-state index in [0.717, 1.165) is 19.6 Å². The SMILES string of the molecule is CCn1c(C)cc(CNCCCCCCSC)c1C. The summed E-state index contributed by atoms with van der Waals surface area (Å²) in [6, 6.07) is 2.32. The lowest BCUT2D eigenvalue weighted by Gasteiger charge is -2.07. The molecule has 110 valence electrons. The fraction of sp³-hybridized carbons (Fsp3) is 0.750. The van der Waals surface area contributed by atoms with E-state index in [1.165, 1.54) is 48.4 Å². The van der Waals surface area contributed by atoms with Gasteiger partial charge in [0, 0.05) is 24.5 Å². The Balaban J connectivity index is 2.16. The Hall–Kier alpha value is -0.410. The van der Waals surface area contributed by atoms with Gasteiger partial charge in [-0.25, -0.2) is 0 Å². The van der Waals surface area contributed by atoms with E-state index in [-0.39, 0.29) is 0 Å². The number of hydrogen-bond acceptors (Lipinski definition) is 2. The van der Waals surface area contributed by atoms with Gasteiger partial charge in [0.15, 0.2) is 0 Å². The average Bonchev–Trinajstić information content (AvgIpc) is 2.67. The minimum atomic E-state index is 1.02. The van der Waals surface area contributed by atoms with Gasteiger partial charge >= 0.3 is 0 Å². The van der Waals surface area contributed by atoms with Gasteiger partial charge in [-0.1, -0.05) is 12.8 Å². The van der Waals surface area contributed by atoms with Crippen LogP contribution in [0.25, 0.3) is 0 Å². The third-order valence-corrected chi connectivity index (χ3v) is 4.46. The molecule has 0 saturated heterocycles. The molecule has 0 aliphatic carbocycles. The molecule has 0 spiro atoms. The van der Waals surface area contributed by atoms with E-state index in [4.69, 9.17) is 0 Å². The number of nitrogens with zero attached hydrogens (tertiary/aromatic N) is 1. The molecule has 0 bridgehead atoms. The summed E-state index contributed by atoms with van der Waals surface area (Å²) in [5.41, 5.74) is 4.27. The lowest BCUT2D eigenvalue weighted by atomic mass is 10.2. The van der Waals surface area contributed by atoms with Crippen molar-refractivity contribution < 1.29 is 0 Å². The second-order valence-electron chi connectivity index (χ2n) is 5.22. The van der Waals surface area contributed by atoms with Crippen molar-refractivity contribution in [3.63, 3.8) is 0 Å². The molecule has 1 aromatic rings. The smallest absolute Gasteiger partial charge is 0.0223 e. The zero-order valence-corrected chi connectivity index (χ0v) is 13.9. The summed E-state index contributed by atoms with van der Waals surface area (Å²) >= 11 is 1.96. The van der Waals surface area contributed by atoms with Gasteiger partial charge in [0.25, 0.3) is 0 Å². The number of hydrogen-bond donors (Lipinski definition) is 1. The molecule has 1 heterocycles. The lowest BCUT2D eigenvalue weighted by molar-refractivity contribution is 0.597. The predicted octanol–water partition coefficient (Wildman–Crippen LogP) is 4.14. The summed E-state index contributed by atoms with van der Waals surface area (Å²) in [5.74, 6) is 1.32. The molecule has 0 aromatic carbocycles. The molecular weight excluding hydrogens is 252 g/mol. The van der Waals surface area contributed by atoms with E-state index in [9.17, 15) is 0 Å². The minimum absolute atomic E-state index is 1.02. The molecule has 1 aromatic heterocycles.